The highest BCUT2D eigenvalue weighted by Crippen LogP contribution is 2.40. The summed E-state index contributed by atoms with van der Waals surface area (Å²) < 4.78 is 15.8. The van der Waals surface area contributed by atoms with Gasteiger partial charge in [-0.15, -0.1) is 0 Å². The van der Waals surface area contributed by atoms with Crippen molar-refractivity contribution in [2.24, 2.45) is 0 Å². The number of fused-ring (bicyclic) bond motifs is 1. The molecule has 2 aliphatic heterocycles. The number of halogens is 1. The van der Waals surface area contributed by atoms with Crippen molar-refractivity contribution in [1.29, 1.82) is 0 Å². The minimum Gasteiger partial charge on any atom is -0.480 e. The number of hydrogen-bond donors (Lipinski definition) is 1. The maximum absolute atomic E-state index is 12.8. The van der Waals surface area contributed by atoms with Gasteiger partial charge in [-0.2, -0.15) is 0 Å². The van der Waals surface area contributed by atoms with Crippen LogP contribution in [0.2, 0.25) is 5.02 Å². The molecule has 0 saturated carbocycles. The largest absolute Gasteiger partial charge is 0.480 e. The van der Waals surface area contributed by atoms with Crippen molar-refractivity contribution in [1.82, 2.24) is 4.90 Å². The van der Waals surface area contributed by atoms with Crippen molar-refractivity contribution in [2.45, 2.75) is 18.9 Å². The molecule has 124 valence electrons. The lowest BCUT2D eigenvalue weighted by Gasteiger charge is -2.33. The van der Waals surface area contributed by atoms with Crippen LogP contribution in [0, 0.1) is 0 Å². The molecule has 0 spiro atoms. The topological polar surface area (TPSA) is 85.3 Å². The number of hydrogen-bond acceptors (Lipinski definition) is 5. The summed E-state index contributed by atoms with van der Waals surface area (Å²) in [6.07, 6.45) is 1.22. The van der Waals surface area contributed by atoms with Crippen LogP contribution in [0.1, 0.15) is 23.2 Å². The highest BCUT2D eigenvalue weighted by molar-refractivity contribution is 6.32. The number of rotatable bonds is 4. The summed E-state index contributed by atoms with van der Waals surface area (Å²) >= 11 is 6.10. The lowest BCUT2D eigenvalue weighted by molar-refractivity contribution is -0.138. The first-order chi connectivity index (χ1) is 11.1. The van der Waals surface area contributed by atoms with Gasteiger partial charge in [-0.1, -0.05) is 11.6 Å². The summed E-state index contributed by atoms with van der Waals surface area (Å²) in [6.45, 7) is 0.701. The lowest BCUT2D eigenvalue weighted by Crippen LogP contribution is -2.46. The number of amides is 1. The van der Waals surface area contributed by atoms with Gasteiger partial charge in [0.1, 0.15) is 6.54 Å². The average Bonchev–Trinajstić information content (AvgIpc) is 3.02. The summed E-state index contributed by atoms with van der Waals surface area (Å²) in [6, 6.07) is 2.84. The fraction of sp³-hybridized carbons (Fsp3) is 0.467. The minimum absolute atomic E-state index is 0.0471. The fourth-order valence-corrected chi connectivity index (χ4v) is 3.03. The van der Waals surface area contributed by atoms with Gasteiger partial charge < -0.3 is 24.2 Å². The minimum atomic E-state index is -1.06. The van der Waals surface area contributed by atoms with Gasteiger partial charge in [-0.3, -0.25) is 9.59 Å². The molecule has 1 fully saturated rings. The molecule has 1 aromatic rings. The number of benzene rings is 1. The number of nitrogens with zero attached hydrogens (tertiary/aromatic N) is 1. The number of carboxylic acids is 1. The van der Waals surface area contributed by atoms with E-state index in [1.165, 1.54) is 17.0 Å². The van der Waals surface area contributed by atoms with E-state index >= 15 is 0 Å². The first-order valence-corrected chi connectivity index (χ1v) is 7.63. The Morgan fingerprint density at radius 1 is 1.26 bits per heavy atom. The van der Waals surface area contributed by atoms with Crippen LogP contribution in [0.15, 0.2) is 12.1 Å². The van der Waals surface area contributed by atoms with Crippen molar-refractivity contribution in [3.05, 3.63) is 22.7 Å². The zero-order valence-electron chi connectivity index (χ0n) is 12.3. The average molecular weight is 342 g/mol. The molecule has 0 aromatic heterocycles. The van der Waals surface area contributed by atoms with E-state index in [0.29, 0.717) is 37.6 Å². The zero-order valence-corrected chi connectivity index (χ0v) is 13.0. The van der Waals surface area contributed by atoms with Crippen molar-refractivity contribution < 1.29 is 28.9 Å². The Bertz CT molecular complexity index is 629. The van der Waals surface area contributed by atoms with Crippen molar-refractivity contribution >= 4 is 23.5 Å². The Morgan fingerprint density at radius 2 is 2.00 bits per heavy atom. The standard InChI is InChI=1S/C15H16ClNO6/c16-11-5-9(6-12-14(11)23-8-22-12)15(20)17(7-13(18)19)10-1-3-21-4-2-10/h5-6,10H,1-4,7-8H2,(H,18,19). The molecule has 1 amide bonds. The Labute approximate surface area is 137 Å². The highest BCUT2D eigenvalue weighted by Gasteiger charge is 2.30. The second-order valence-corrected chi connectivity index (χ2v) is 5.77. The van der Waals surface area contributed by atoms with Crippen LogP contribution >= 0.6 is 11.6 Å². The predicted molar refractivity (Wildman–Crippen MR) is 80.1 cm³/mol. The van der Waals surface area contributed by atoms with Gasteiger partial charge in [-0.05, 0) is 25.0 Å². The van der Waals surface area contributed by atoms with E-state index in [-0.39, 0.29) is 35.9 Å². The normalized spacial score (nSPS) is 17.1. The molecule has 0 unspecified atom stereocenters. The maximum Gasteiger partial charge on any atom is 0.323 e. The molecule has 0 atom stereocenters. The lowest BCUT2D eigenvalue weighted by atomic mass is 10.0. The molecule has 0 bridgehead atoms. The Balaban J connectivity index is 1.88. The molecular weight excluding hydrogens is 326 g/mol. The van der Waals surface area contributed by atoms with Gasteiger partial charge >= 0.3 is 5.97 Å². The first-order valence-electron chi connectivity index (χ1n) is 7.26. The third-order valence-corrected chi connectivity index (χ3v) is 4.15. The van der Waals surface area contributed by atoms with E-state index in [2.05, 4.69) is 0 Å². The third-order valence-electron chi connectivity index (χ3n) is 3.87. The van der Waals surface area contributed by atoms with Gasteiger partial charge in [0.2, 0.25) is 6.79 Å². The summed E-state index contributed by atoms with van der Waals surface area (Å²) in [4.78, 5) is 25.3. The van der Waals surface area contributed by atoms with Crippen LogP contribution in [0.3, 0.4) is 0 Å². The van der Waals surface area contributed by atoms with E-state index < -0.39 is 5.97 Å². The molecule has 23 heavy (non-hydrogen) atoms. The fourth-order valence-electron chi connectivity index (χ4n) is 2.77. The molecule has 0 aliphatic carbocycles. The van der Waals surface area contributed by atoms with E-state index in [0.717, 1.165) is 0 Å². The van der Waals surface area contributed by atoms with E-state index in [1.54, 1.807) is 0 Å². The molecule has 7 nitrogen and oxygen atoms in total. The van der Waals surface area contributed by atoms with Crippen LogP contribution in [-0.2, 0) is 9.53 Å². The second-order valence-electron chi connectivity index (χ2n) is 5.36. The number of carbonyl (C=O) groups is 2. The number of carboxylic acid groups (broad SMARTS) is 1. The third kappa shape index (κ3) is 3.35. The van der Waals surface area contributed by atoms with Gasteiger partial charge in [0.05, 0.1) is 5.02 Å². The van der Waals surface area contributed by atoms with Crippen LogP contribution in [-0.4, -0.2) is 54.5 Å². The van der Waals surface area contributed by atoms with Gasteiger partial charge in [0.15, 0.2) is 11.5 Å². The molecule has 0 radical (unpaired) electrons. The molecule has 1 saturated heterocycles. The molecular formula is C15H16ClNO6. The Morgan fingerprint density at radius 3 is 2.70 bits per heavy atom. The monoisotopic (exact) mass is 341 g/mol. The zero-order chi connectivity index (χ0) is 16.4. The van der Waals surface area contributed by atoms with Gasteiger partial charge in [-0.25, -0.2) is 0 Å². The number of aliphatic carboxylic acids is 1. The SMILES string of the molecule is O=C(O)CN(C(=O)c1cc(Cl)c2c(c1)OCO2)C1CCOCC1. The van der Waals surface area contributed by atoms with Crippen molar-refractivity contribution in [3.8, 4) is 11.5 Å². The smallest absolute Gasteiger partial charge is 0.323 e. The number of ether oxygens (including phenoxy) is 3. The van der Waals surface area contributed by atoms with Crippen LogP contribution < -0.4 is 9.47 Å². The Hall–Kier alpha value is -1.99. The molecule has 1 N–H and O–H groups in total. The van der Waals surface area contributed by atoms with Crippen molar-refractivity contribution in [2.75, 3.05) is 26.6 Å². The van der Waals surface area contributed by atoms with E-state index in [9.17, 15) is 9.59 Å². The molecule has 8 heteroatoms. The van der Waals surface area contributed by atoms with Crippen LogP contribution in [0.4, 0.5) is 0 Å². The van der Waals surface area contributed by atoms with E-state index in [4.69, 9.17) is 30.9 Å². The summed E-state index contributed by atoms with van der Waals surface area (Å²) in [5, 5.41) is 9.39. The highest BCUT2D eigenvalue weighted by atomic mass is 35.5. The van der Waals surface area contributed by atoms with Gasteiger partial charge in [0.25, 0.3) is 5.91 Å². The summed E-state index contributed by atoms with van der Waals surface area (Å²) in [5.74, 6) is -0.654. The Kier molecular flexibility index (Phi) is 4.58. The van der Waals surface area contributed by atoms with Crippen molar-refractivity contribution in [3.63, 3.8) is 0 Å². The maximum atomic E-state index is 12.8. The van der Waals surface area contributed by atoms with Crippen LogP contribution in [0.25, 0.3) is 0 Å². The molecule has 1 aromatic carbocycles. The van der Waals surface area contributed by atoms with Gasteiger partial charge in [0, 0.05) is 24.8 Å². The number of carbonyl (C=O) groups excluding carboxylic acids is 1. The van der Waals surface area contributed by atoms with E-state index in [1.807, 2.05) is 0 Å². The predicted octanol–water partition coefficient (Wildman–Crippen LogP) is 1.77. The quantitative estimate of drug-likeness (QED) is 0.898. The first kappa shape index (κ1) is 15.9. The second kappa shape index (κ2) is 6.64. The summed E-state index contributed by atoms with van der Waals surface area (Å²) in [5.41, 5.74) is 0.284. The molecule has 2 aliphatic rings. The van der Waals surface area contributed by atoms with Crippen LogP contribution in [0.5, 0.6) is 11.5 Å². The summed E-state index contributed by atoms with van der Waals surface area (Å²) in [7, 11) is 0. The molecule has 2 heterocycles. The molecule has 3 rings (SSSR count).